The van der Waals surface area contributed by atoms with Gasteiger partial charge in [-0.1, -0.05) is 25.5 Å². The highest BCUT2D eigenvalue weighted by molar-refractivity contribution is 5.96. The molecule has 2 fully saturated rings. The quantitative estimate of drug-likeness (QED) is 0.585. The van der Waals surface area contributed by atoms with Crippen molar-refractivity contribution >= 4 is 16.7 Å². The van der Waals surface area contributed by atoms with Crippen LogP contribution in [0.1, 0.15) is 67.3 Å². The topological polar surface area (TPSA) is 26.3 Å². The lowest BCUT2D eigenvalue weighted by Gasteiger charge is -2.41. The van der Waals surface area contributed by atoms with Crippen molar-refractivity contribution < 1.29 is 18.3 Å². The molecule has 27 heavy (non-hydrogen) atoms. The Kier molecular flexibility index (Phi) is 4.92. The first kappa shape index (κ1) is 18.4. The van der Waals surface area contributed by atoms with Crippen LogP contribution in [0.5, 0.6) is 0 Å². The van der Waals surface area contributed by atoms with Crippen molar-refractivity contribution in [3.8, 4) is 0 Å². The zero-order chi connectivity index (χ0) is 19.1. The van der Waals surface area contributed by atoms with E-state index in [4.69, 9.17) is 0 Å². The molecule has 0 aromatic heterocycles. The third-order valence-corrected chi connectivity index (χ3v) is 6.79. The van der Waals surface area contributed by atoms with Gasteiger partial charge in [0.25, 0.3) is 0 Å². The number of ether oxygens (including phenoxy) is 1. The second-order valence-corrected chi connectivity index (χ2v) is 8.47. The maximum atomic E-state index is 14.6. The molecule has 0 N–H and O–H groups in total. The van der Waals surface area contributed by atoms with E-state index in [0.29, 0.717) is 11.3 Å². The summed E-state index contributed by atoms with van der Waals surface area (Å²) in [6.07, 6.45) is 7.43. The number of carbonyl (C=O) groups is 1. The number of halogens is 2. The van der Waals surface area contributed by atoms with Gasteiger partial charge in [-0.2, -0.15) is 0 Å². The molecule has 4 rings (SSSR count). The van der Waals surface area contributed by atoms with Gasteiger partial charge >= 0.3 is 5.97 Å². The van der Waals surface area contributed by atoms with Crippen molar-refractivity contribution in [2.75, 3.05) is 7.11 Å². The van der Waals surface area contributed by atoms with Gasteiger partial charge in [-0.05, 0) is 78.9 Å². The van der Waals surface area contributed by atoms with Crippen molar-refractivity contribution in [2.45, 2.75) is 51.4 Å². The van der Waals surface area contributed by atoms with Crippen molar-refractivity contribution in [3.05, 3.63) is 47.0 Å². The van der Waals surface area contributed by atoms with Crippen LogP contribution in [-0.4, -0.2) is 13.1 Å². The Labute approximate surface area is 158 Å². The smallest absolute Gasteiger partial charge is 0.340 e. The fourth-order valence-electron chi connectivity index (χ4n) is 5.28. The van der Waals surface area contributed by atoms with E-state index in [1.165, 1.54) is 31.7 Å². The molecule has 0 spiro atoms. The normalized spacial score (nSPS) is 28.0. The molecule has 0 heterocycles. The third-order valence-electron chi connectivity index (χ3n) is 6.79. The van der Waals surface area contributed by atoms with Gasteiger partial charge in [0.1, 0.15) is 0 Å². The van der Waals surface area contributed by atoms with Crippen LogP contribution in [0.2, 0.25) is 0 Å². The Morgan fingerprint density at radius 3 is 2.52 bits per heavy atom. The van der Waals surface area contributed by atoms with Crippen LogP contribution in [0, 0.1) is 29.4 Å². The standard InChI is InChI=1S/C23H26F2O2/c1-13-3-4-15-10-16(6-5-14(15)9-13)17-7-8-18-12-20(23(26)27-2)22(25)21(24)19(18)11-17/h7-8,11-16H,3-6,9-10H2,1-2H3/t13?,14-,15+,16?/m0/s1. The summed E-state index contributed by atoms with van der Waals surface area (Å²) in [6.45, 7) is 2.35. The molecule has 0 saturated heterocycles. The first-order chi connectivity index (χ1) is 13.0. The number of benzene rings is 2. The Morgan fingerprint density at radius 2 is 1.74 bits per heavy atom. The zero-order valence-corrected chi connectivity index (χ0v) is 15.9. The van der Waals surface area contributed by atoms with Crippen LogP contribution in [0.4, 0.5) is 8.78 Å². The molecule has 0 radical (unpaired) electrons. The molecule has 0 aliphatic heterocycles. The Balaban J connectivity index is 1.64. The van der Waals surface area contributed by atoms with Crippen molar-refractivity contribution in [3.63, 3.8) is 0 Å². The van der Waals surface area contributed by atoms with Crippen molar-refractivity contribution in [1.82, 2.24) is 0 Å². The maximum absolute atomic E-state index is 14.6. The van der Waals surface area contributed by atoms with E-state index in [1.54, 1.807) is 12.1 Å². The number of methoxy groups -OCH3 is 1. The van der Waals surface area contributed by atoms with Crippen molar-refractivity contribution in [2.24, 2.45) is 17.8 Å². The number of esters is 1. The highest BCUT2D eigenvalue weighted by Gasteiger charge is 2.35. The molecule has 0 bridgehead atoms. The summed E-state index contributed by atoms with van der Waals surface area (Å²) in [7, 11) is 1.16. The highest BCUT2D eigenvalue weighted by atomic mass is 19.2. The van der Waals surface area contributed by atoms with Crippen LogP contribution < -0.4 is 0 Å². The number of rotatable bonds is 2. The minimum Gasteiger partial charge on any atom is -0.465 e. The van der Waals surface area contributed by atoms with E-state index >= 15 is 0 Å². The fraction of sp³-hybridized carbons (Fsp3) is 0.522. The summed E-state index contributed by atoms with van der Waals surface area (Å²) in [5.74, 6) is -0.105. The molecular formula is C23H26F2O2. The van der Waals surface area contributed by atoms with Gasteiger partial charge in [0.2, 0.25) is 0 Å². The summed E-state index contributed by atoms with van der Waals surface area (Å²) in [6, 6.07) is 6.97. The van der Waals surface area contributed by atoms with Gasteiger partial charge in [0, 0.05) is 5.39 Å². The average Bonchev–Trinajstić information content (AvgIpc) is 2.69. The van der Waals surface area contributed by atoms with Crippen LogP contribution in [0.25, 0.3) is 10.8 Å². The summed E-state index contributed by atoms with van der Waals surface area (Å²) in [5, 5.41) is 0.773. The molecule has 2 aromatic rings. The number of hydrogen-bond donors (Lipinski definition) is 0. The summed E-state index contributed by atoms with van der Waals surface area (Å²) >= 11 is 0. The fourth-order valence-corrected chi connectivity index (χ4v) is 5.28. The summed E-state index contributed by atoms with van der Waals surface area (Å²) in [5.41, 5.74) is 0.732. The summed E-state index contributed by atoms with van der Waals surface area (Å²) < 4.78 is 33.5. The van der Waals surface area contributed by atoms with E-state index in [0.717, 1.165) is 43.3 Å². The van der Waals surface area contributed by atoms with Gasteiger partial charge < -0.3 is 4.74 Å². The molecule has 4 heteroatoms. The molecule has 2 aliphatic carbocycles. The monoisotopic (exact) mass is 372 g/mol. The molecule has 0 amide bonds. The second kappa shape index (κ2) is 7.21. The van der Waals surface area contributed by atoms with Crippen LogP contribution in [0.15, 0.2) is 24.3 Å². The lowest BCUT2D eigenvalue weighted by Crippen LogP contribution is -2.29. The van der Waals surface area contributed by atoms with Crippen LogP contribution in [-0.2, 0) is 4.74 Å². The van der Waals surface area contributed by atoms with E-state index in [9.17, 15) is 13.6 Å². The molecule has 144 valence electrons. The first-order valence-electron chi connectivity index (χ1n) is 9.98. The molecular weight excluding hydrogens is 346 g/mol. The van der Waals surface area contributed by atoms with Gasteiger partial charge in [0.05, 0.1) is 12.7 Å². The lowest BCUT2D eigenvalue weighted by molar-refractivity contribution is 0.0594. The average molecular weight is 372 g/mol. The predicted molar refractivity (Wildman–Crippen MR) is 102 cm³/mol. The van der Waals surface area contributed by atoms with Crippen LogP contribution >= 0.6 is 0 Å². The van der Waals surface area contributed by atoms with E-state index < -0.39 is 17.6 Å². The van der Waals surface area contributed by atoms with Gasteiger partial charge in [-0.25, -0.2) is 13.6 Å². The van der Waals surface area contributed by atoms with Gasteiger partial charge in [0.15, 0.2) is 11.6 Å². The van der Waals surface area contributed by atoms with E-state index in [1.807, 2.05) is 6.07 Å². The molecule has 2 unspecified atom stereocenters. The van der Waals surface area contributed by atoms with Gasteiger partial charge in [-0.3, -0.25) is 0 Å². The maximum Gasteiger partial charge on any atom is 0.340 e. The van der Waals surface area contributed by atoms with E-state index in [-0.39, 0.29) is 10.9 Å². The highest BCUT2D eigenvalue weighted by Crippen LogP contribution is 2.47. The molecule has 2 aromatic carbocycles. The predicted octanol–water partition coefficient (Wildman–Crippen LogP) is 6.22. The third kappa shape index (κ3) is 3.35. The molecule has 2 aliphatic rings. The number of hydrogen-bond acceptors (Lipinski definition) is 2. The Hall–Kier alpha value is -1.97. The molecule has 2 saturated carbocycles. The number of carbonyl (C=O) groups excluding carboxylic acids is 1. The SMILES string of the molecule is COC(=O)c1cc2ccc(C3CC[C@H]4CC(C)CC[C@@H]4C3)cc2c(F)c1F. The summed E-state index contributed by atoms with van der Waals surface area (Å²) in [4.78, 5) is 11.7. The minimum atomic E-state index is -1.13. The zero-order valence-electron chi connectivity index (χ0n) is 15.9. The first-order valence-corrected chi connectivity index (χ1v) is 9.98. The minimum absolute atomic E-state index is 0.247. The molecule has 2 nitrogen and oxygen atoms in total. The number of fused-ring (bicyclic) bond motifs is 2. The van der Waals surface area contributed by atoms with Gasteiger partial charge in [-0.15, -0.1) is 0 Å². The molecule has 4 atom stereocenters. The lowest BCUT2D eigenvalue weighted by atomic mass is 9.64. The Bertz CT molecular complexity index is 876. The largest absolute Gasteiger partial charge is 0.465 e. The van der Waals surface area contributed by atoms with Crippen LogP contribution in [0.3, 0.4) is 0 Å². The van der Waals surface area contributed by atoms with E-state index in [2.05, 4.69) is 11.7 Å². The Morgan fingerprint density at radius 1 is 1.00 bits per heavy atom. The van der Waals surface area contributed by atoms with Crippen molar-refractivity contribution in [1.29, 1.82) is 0 Å². The second-order valence-electron chi connectivity index (χ2n) is 8.47.